The number of hydrogen-bond donors (Lipinski definition) is 1. The van der Waals surface area contributed by atoms with Crippen molar-refractivity contribution in [3.63, 3.8) is 0 Å². The van der Waals surface area contributed by atoms with Crippen LogP contribution in [0.2, 0.25) is 0 Å². The lowest BCUT2D eigenvalue weighted by Crippen LogP contribution is -2.27. The normalized spacial score (nSPS) is 20.6. The number of rotatable bonds is 5. The van der Waals surface area contributed by atoms with Crippen LogP contribution in [0.4, 0.5) is 0 Å². The fourth-order valence-electron chi connectivity index (χ4n) is 4.72. The van der Waals surface area contributed by atoms with Gasteiger partial charge in [-0.25, -0.2) is 0 Å². The molecular formula is C26H32O8. The second kappa shape index (κ2) is 9.16. The van der Waals surface area contributed by atoms with E-state index in [4.69, 9.17) is 28.4 Å². The molecule has 2 aromatic carbocycles. The minimum Gasteiger partial charge on any atom is -0.504 e. The highest BCUT2D eigenvalue weighted by Gasteiger charge is 2.39. The Kier molecular flexibility index (Phi) is 6.43. The minimum absolute atomic E-state index is 0.0434. The van der Waals surface area contributed by atoms with Crippen LogP contribution >= 0.6 is 0 Å². The first kappa shape index (κ1) is 23.9. The largest absolute Gasteiger partial charge is 0.504 e. The molecule has 0 radical (unpaired) electrons. The summed E-state index contributed by atoms with van der Waals surface area (Å²) in [6, 6.07) is 3.71. The summed E-state index contributed by atoms with van der Waals surface area (Å²) in [5.74, 6) is 1.38. The third-order valence-corrected chi connectivity index (χ3v) is 6.77. The van der Waals surface area contributed by atoms with Gasteiger partial charge in [0.05, 0.1) is 27.2 Å². The first-order valence-electron chi connectivity index (χ1n) is 11.4. The maximum Gasteiger partial charge on any atom is 0.308 e. The number of carbonyl (C=O) groups is 1. The van der Waals surface area contributed by atoms with E-state index in [0.29, 0.717) is 46.1 Å². The van der Waals surface area contributed by atoms with Crippen LogP contribution in [0.5, 0.6) is 34.5 Å². The van der Waals surface area contributed by atoms with Crippen LogP contribution in [0.15, 0.2) is 12.1 Å². The maximum atomic E-state index is 12.8. The summed E-state index contributed by atoms with van der Waals surface area (Å²) in [6.45, 7) is 7.82. The van der Waals surface area contributed by atoms with Crippen molar-refractivity contribution in [2.45, 2.75) is 40.2 Å². The van der Waals surface area contributed by atoms with Crippen LogP contribution in [-0.2, 0) is 16.0 Å². The van der Waals surface area contributed by atoms with Crippen LogP contribution in [-0.4, -0.2) is 39.2 Å². The van der Waals surface area contributed by atoms with Crippen LogP contribution < -0.4 is 23.7 Å². The van der Waals surface area contributed by atoms with Crippen molar-refractivity contribution < 1.29 is 38.3 Å². The van der Waals surface area contributed by atoms with Gasteiger partial charge in [-0.05, 0) is 30.0 Å². The summed E-state index contributed by atoms with van der Waals surface area (Å²) >= 11 is 0. The van der Waals surface area contributed by atoms with Gasteiger partial charge in [0.2, 0.25) is 18.3 Å². The van der Waals surface area contributed by atoms with Gasteiger partial charge in [-0.2, -0.15) is 0 Å². The summed E-state index contributed by atoms with van der Waals surface area (Å²) in [7, 11) is 4.55. The molecule has 1 aliphatic carbocycles. The molecule has 8 nitrogen and oxygen atoms in total. The van der Waals surface area contributed by atoms with Crippen molar-refractivity contribution in [3.05, 3.63) is 23.3 Å². The predicted molar refractivity (Wildman–Crippen MR) is 125 cm³/mol. The Labute approximate surface area is 199 Å². The van der Waals surface area contributed by atoms with Crippen LogP contribution in [0.1, 0.15) is 44.9 Å². The molecule has 0 amide bonds. The van der Waals surface area contributed by atoms with E-state index in [1.54, 1.807) is 13.8 Å². The van der Waals surface area contributed by atoms with Crippen LogP contribution in [0, 0.1) is 17.8 Å². The first-order chi connectivity index (χ1) is 16.2. The molecule has 2 aromatic rings. The number of ether oxygens (including phenoxy) is 6. The SMILES string of the molecule is COc1cc2c(c(O)c1OC)-c1c(cc3c(c1OC)OCO3)[C@H](OC(=O)C(C)C)[C@H](C)[C@H](C)C2. The standard InChI is InChI=1S/C26H32O8/c1-12(2)26(28)34-22-14(4)13(3)8-15-9-17(29-5)23(30-6)21(27)19(15)20-16(22)10-18-24(25(20)31-7)33-11-32-18/h9-10,12-14,22,27H,8,11H2,1-7H3/t13-,14-,22-/m1/s1. The Balaban J connectivity index is 2.10. The Morgan fingerprint density at radius 2 is 1.74 bits per heavy atom. The monoisotopic (exact) mass is 472 g/mol. The Bertz CT molecular complexity index is 1110. The van der Waals surface area contributed by atoms with E-state index in [1.807, 2.05) is 12.1 Å². The van der Waals surface area contributed by atoms with E-state index in [2.05, 4.69) is 13.8 Å². The molecule has 8 heteroatoms. The lowest BCUT2D eigenvalue weighted by Gasteiger charge is -2.35. The number of aromatic hydroxyl groups is 1. The zero-order valence-corrected chi connectivity index (χ0v) is 20.7. The molecule has 0 unspecified atom stereocenters. The zero-order valence-electron chi connectivity index (χ0n) is 20.7. The van der Waals surface area contributed by atoms with E-state index in [0.717, 1.165) is 5.56 Å². The molecule has 3 atom stereocenters. The van der Waals surface area contributed by atoms with Crippen molar-refractivity contribution >= 4 is 5.97 Å². The molecule has 0 bridgehead atoms. The van der Waals surface area contributed by atoms with Crippen LogP contribution in [0.25, 0.3) is 11.1 Å². The predicted octanol–water partition coefficient (Wildman–Crippen LogP) is 4.88. The number of fused-ring (bicyclic) bond motifs is 4. The molecule has 0 aromatic heterocycles. The second-order valence-corrected chi connectivity index (χ2v) is 9.16. The average molecular weight is 473 g/mol. The van der Waals surface area contributed by atoms with Gasteiger partial charge in [-0.1, -0.05) is 27.7 Å². The summed E-state index contributed by atoms with van der Waals surface area (Å²) in [6.07, 6.45) is 0.0147. The Morgan fingerprint density at radius 1 is 1.03 bits per heavy atom. The maximum absolute atomic E-state index is 12.8. The number of hydrogen-bond acceptors (Lipinski definition) is 8. The molecule has 0 spiro atoms. The molecule has 1 heterocycles. The fraction of sp³-hybridized carbons (Fsp3) is 0.500. The third-order valence-electron chi connectivity index (χ3n) is 6.77. The number of esters is 1. The van der Waals surface area contributed by atoms with Crippen molar-refractivity contribution in [1.29, 1.82) is 0 Å². The van der Waals surface area contributed by atoms with Gasteiger partial charge in [-0.3, -0.25) is 4.79 Å². The quantitative estimate of drug-likeness (QED) is 0.616. The first-order valence-corrected chi connectivity index (χ1v) is 11.4. The Hall–Kier alpha value is -3.29. The molecule has 184 valence electrons. The van der Waals surface area contributed by atoms with E-state index < -0.39 is 6.10 Å². The van der Waals surface area contributed by atoms with Gasteiger partial charge in [0.15, 0.2) is 23.0 Å². The Morgan fingerprint density at radius 3 is 2.35 bits per heavy atom. The highest BCUT2D eigenvalue weighted by atomic mass is 16.7. The third kappa shape index (κ3) is 3.75. The van der Waals surface area contributed by atoms with E-state index >= 15 is 0 Å². The molecule has 0 saturated heterocycles. The lowest BCUT2D eigenvalue weighted by atomic mass is 9.76. The molecular weight excluding hydrogens is 440 g/mol. The van der Waals surface area contributed by atoms with Crippen molar-refractivity contribution in [1.82, 2.24) is 0 Å². The van der Waals surface area contributed by atoms with Gasteiger partial charge >= 0.3 is 5.97 Å². The molecule has 0 saturated carbocycles. The van der Waals surface area contributed by atoms with E-state index in [9.17, 15) is 9.90 Å². The fourth-order valence-corrected chi connectivity index (χ4v) is 4.72. The lowest BCUT2D eigenvalue weighted by molar-refractivity contribution is -0.157. The average Bonchev–Trinajstić information content (AvgIpc) is 3.28. The van der Waals surface area contributed by atoms with Gasteiger partial charge in [0, 0.05) is 22.6 Å². The van der Waals surface area contributed by atoms with E-state index in [1.165, 1.54) is 21.3 Å². The van der Waals surface area contributed by atoms with Gasteiger partial charge in [-0.15, -0.1) is 0 Å². The van der Waals surface area contributed by atoms with Crippen molar-refractivity contribution in [2.75, 3.05) is 28.1 Å². The van der Waals surface area contributed by atoms with Crippen molar-refractivity contribution in [2.24, 2.45) is 17.8 Å². The van der Waals surface area contributed by atoms with Gasteiger partial charge < -0.3 is 33.5 Å². The van der Waals surface area contributed by atoms with Gasteiger partial charge in [0.1, 0.15) is 6.10 Å². The topological polar surface area (TPSA) is 92.7 Å². The molecule has 0 fully saturated rings. The second-order valence-electron chi connectivity index (χ2n) is 9.16. The number of benzene rings is 2. The zero-order chi connectivity index (χ0) is 24.7. The summed E-state index contributed by atoms with van der Waals surface area (Å²) in [5.41, 5.74) is 2.66. The number of phenols is 1. The summed E-state index contributed by atoms with van der Waals surface area (Å²) in [4.78, 5) is 12.8. The number of phenolic OH excluding ortho intramolecular Hbond substituents is 1. The smallest absolute Gasteiger partial charge is 0.308 e. The number of carbonyl (C=O) groups excluding carboxylic acids is 1. The molecule has 2 aliphatic rings. The molecule has 1 aliphatic heterocycles. The highest BCUT2D eigenvalue weighted by Crippen LogP contribution is 2.58. The summed E-state index contributed by atoms with van der Waals surface area (Å²) < 4.78 is 34.3. The highest BCUT2D eigenvalue weighted by molar-refractivity contribution is 5.88. The van der Waals surface area contributed by atoms with E-state index in [-0.39, 0.29) is 42.0 Å². The molecule has 1 N–H and O–H groups in total. The van der Waals surface area contributed by atoms with Gasteiger partial charge in [0.25, 0.3) is 0 Å². The molecule has 34 heavy (non-hydrogen) atoms. The van der Waals surface area contributed by atoms with Crippen LogP contribution in [0.3, 0.4) is 0 Å². The van der Waals surface area contributed by atoms with Crippen molar-refractivity contribution in [3.8, 4) is 45.6 Å². The summed E-state index contributed by atoms with van der Waals surface area (Å²) in [5, 5.41) is 11.4. The molecule has 4 rings (SSSR count). The number of methoxy groups -OCH3 is 3. The minimum atomic E-state index is -0.594.